The van der Waals surface area contributed by atoms with Gasteiger partial charge in [0.2, 0.25) is 5.91 Å². The molecular formula is C43H72N2O7Si. The number of carbonyl (C=O) groups is 2. The first kappa shape index (κ1) is 46.1. The van der Waals surface area contributed by atoms with Crippen LogP contribution in [0, 0.1) is 23.7 Å². The number of hydrogen-bond donors (Lipinski definition) is 2. The number of rotatable bonds is 21. The summed E-state index contributed by atoms with van der Waals surface area (Å²) in [7, 11) is 0.944. The van der Waals surface area contributed by atoms with E-state index in [9.17, 15) is 9.59 Å². The molecular weight excluding hydrogens is 685 g/mol. The van der Waals surface area contributed by atoms with Crippen LogP contribution < -0.4 is 20.1 Å². The third kappa shape index (κ3) is 16.0. The SMILES string of the molecule is COCCCOc1cc(C[C@@H](C[C@H](NC(=O)OC(C)(C)C)[C@@H](C[C@H](C(=O)NCc2ccccc2)C(C)C)O[Si](C)(C)C(C)(C)C)C(C)C)ccc1OC. The molecule has 10 heteroatoms. The molecule has 2 amide bonds. The smallest absolute Gasteiger partial charge is 0.407 e. The van der Waals surface area contributed by atoms with Gasteiger partial charge in [0.25, 0.3) is 0 Å². The van der Waals surface area contributed by atoms with Gasteiger partial charge in [-0.05, 0) is 99.2 Å². The van der Waals surface area contributed by atoms with Crippen LogP contribution in [0.5, 0.6) is 11.5 Å². The van der Waals surface area contributed by atoms with Crippen molar-refractivity contribution in [1.82, 2.24) is 10.6 Å². The van der Waals surface area contributed by atoms with E-state index in [1.54, 1.807) is 14.2 Å². The van der Waals surface area contributed by atoms with E-state index in [0.29, 0.717) is 44.1 Å². The molecule has 0 fully saturated rings. The molecule has 0 heterocycles. The third-order valence-corrected chi connectivity index (χ3v) is 14.8. The summed E-state index contributed by atoms with van der Waals surface area (Å²) >= 11 is 0. The van der Waals surface area contributed by atoms with Gasteiger partial charge in [-0.2, -0.15) is 0 Å². The van der Waals surface area contributed by atoms with Crippen molar-refractivity contribution in [3.63, 3.8) is 0 Å². The lowest BCUT2D eigenvalue weighted by molar-refractivity contribution is -0.127. The summed E-state index contributed by atoms with van der Waals surface area (Å²) in [6, 6.07) is 15.6. The maximum Gasteiger partial charge on any atom is 0.407 e. The average molecular weight is 757 g/mol. The molecule has 4 atom stereocenters. The molecule has 0 bridgehead atoms. The van der Waals surface area contributed by atoms with Crippen molar-refractivity contribution in [2.75, 3.05) is 27.4 Å². The first-order valence-electron chi connectivity index (χ1n) is 19.4. The number of carbonyl (C=O) groups excluding carboxylic acids is 2. The Morgan fingerprint density at radius 1 is 0.811 bits per heavy atom. The molecule has 0 aliphatic carbocycles. The molecule has 2 rings (SSSR count). The minimum Gasteiger partial charge on any atom is -0.493 e. The second-order valence-electron chi connectivity index (χ2n) is 17.6. The van der Waals surface area contributed by atoms with Gasteiger partial charge in [0.15, 0.2) is 19.8 Å². The Bertz CT molecular complexity index is 1390. The first-order valence-corrected chi connectivity index (χ1v) is 22.4. The van der Waals surface area contributed by atoms with Crippen LogP contribution in [0.2, 0.25) is 18.1 Å². The Hall–Kier alpha value is -3.08. The Morgan fingerprint density at radius 3 is 2.02 bits per heavy atom. The standard InChI is InChI=1S/C43H72N2O7Si/c1-30(2)34(25-33-21-22-37(49-12)39(26-33)50-24-18-23-48-11)27-36(45-41(47)51-42(5,6)7)38(52-53(13,14)43(8,9)10)28-35(31(3)4)40(46)44-29-32-19-16-15-17-20-32/h15-17,19-22,26,30-31,34-36,38H,18,23-25,27-29H2,1-14H3,(H,44,46)(H,45,47)/t34-,35-,36-,38+/m0/s1. The Kier molecular flexibility index (Phi) is 18.4. The van der Waals surface area contributed by atoms with E-state index < -0.39 is 32.2 Å². The fraction of sp³-hybridized carbons (Fsp3) is 0.674. The molecule has 0 radical (unpaired) electrons. The minimum absolute atomic E-state index is 0.0135. The zero-order chi connectivity index (χ0) is 40.0. The molecule has 2 N–H and O–H groups in total. The van der Waals surface area contributed by atoms with Gasteiger partial charge in [-0.15, -0.1) is 0 Å². The van der Waals surface area contributed by atoms with Gasteiger partial charge in [-0.1, -0.05) is 84.9 Å². The zero-order valence-electron chi connectivity index (χ0n) is 35.4. The average Bonchev–Trinajstić information content (AvgIpc) is 3.05. The van der Waals surface area contributed by atoms with Gasteiger partial charge in [-0.25, -0.2) is 4.79 Å². The maximum atomic E-state index is 14.0. The van der Waals surface area contributed by atoms with Crippen molar-refractivity contribution in [2.45, 2.75) is 137 Å². The van der Waals surface area contributed by atoms with E-state index in [2.05, 4.69) is 84.3 Å². The predicted molar refractivity (Wildman–Crippen MR) is 218 cm³/mol. The number of methoxy groups -OCH3 is 2. The highest BCUT2D eigenvalue weighted by atomic mass is 28.4. The summed E-state index contributed by atoms with van der Waals surface area (Å²) < 4.78 is 30.1. The van der Waals surface area contributed by atoms with Crippen molar-refractivity contribution in [2.24, 2.45) is 23.7 Å². The van der Waals surface area contributed by atoms with Crippen LogP contribution in [-0.2, 0) is 31.7 Å². The van der Waals surface area contributed by atoms with E-state index >= 15 is 0 Å². The van der Waals surface area contributed by atoms with Gasteiger partial charge < -0.3 is 34.0 Å². The van der Waals surface area contributed by atoms with Crippen molar-refractivity contribution in [3.8, 4) is 11.5 Å². The first-order chi connectivity index (χ1) is 24.7. The molecule has 2 aromatic carbocycles. The quantitative estimate of drug-likeness (QED) is 0.0966. The second kappa shape index (κ2) is 21.1. The molecule has 0 spiro atoms. The highest BCUT2D eigenvalue weighted by Crippen LogP contribution is 2.40. The maximum absolute atomic E-state index is 14.0. The summed E-state index contributed by atoms with van der Waals surface area (Å²) in [4.78, 5) is 27.6. The molecule has 0 unspecified atom stereocenters. The van der Waals surface area contributed by atoms with Crippen molar-refractivity contribution in [3.05, 3.63) is 59.7 Å². The molecule has 2 aromatic rings. The van der Waals surface area contributed by atoms with Crippen LogP contribution in [0.4, 0.5) is 4.79 Å². The van der Waals surface area contributed by atoms with Gasteiger partial charge >= 0.3 is 6.09 Å². The Morgan fingerprint density at radius 2 is 1.47 bits per heavy atom. The van der Waals surface area contributed by atoms with Gasteiger partial charge in [0.05, 0.1) is 25.9 Å². The summed E-state index contributed by atoms with van der Waals surface area (Å²) in [5.41, 5.74) is 1.48. The van der Waals surface area contributed by atoms with E-state index in [1.165, 1.54) is 0 Å². The van der Waals surface area contributed by atoms with E-state index in [-0.39, 0.29) is 34.6 Å². The van der Waals surface area contributed by atoms with Crippen LogP contribution in [-0.4, -0.2) is 65.5 Å². The second-order valence-corrected chi connectivity index (χ2v) is 22.3. The van der Waals surface area contributed by atoms with Crippen molar-refractivity contribution in [1.29, 1.82) is 0 Å². The summed E-state index contributed by atoms with van der Waals surface area (Å²) in [5, 5.41) is 6.38. The van der Waals surface area contributed by atoms with Gasteiger partial charge in [0, 0.05) is 32.6 Å². The minimum atomic E-state index is -2.39. The third-order valence-electron chi connectivity index (χ3n) is 10.3. The Balaban J connectivity index is 2.56. The van der Waals surface area contributed by atoms with Crippen LogP contribution >= 0.6 is 0 Å². The molecule has 0 aliphatic heterocycles. The topological polar surface area (TPSA) is 104 Å². The molecule has 0 aliphatic rings. The fourth-order valence-corrected chi connectivity index (χ4v) is 7.40. The van der Waals surface area contributed by atoms with E-state index in [1.807, 2.05) is 57.2 Å². The fourth-order valence-electron chi connectivity index (χ4n) is 6.03. The van der Waals surface area contributed by atoms with Crippen molar-refractivity contribution < 1.29 is 33.0 Å². The van der Waals surface area contributed by atoms with E-state index in [0.717, 1.165) is 24.0 Å². The molecule has 0 saturated heterocycles. The highest BCUT2D eigenvalue weighted by molar-refractivity contribution is 6.74. The Labute approximate surface area is 322 Å². The van der Waals surface area contributed by atoms with Gasteiger partial charge in [-0.3, -0.25) is 4.79 Å². The summed E-state index contributed by atoms with van der Waals surface area (Å²) in [6.07, 6.45) is 1.68. The van der Waals surface area contributed by atoms with Crippen LogP contribution in [0.15, 0.2) is 48.5 Å². The predicted octanol–water partition coefficient (Wildman–Crippen LogP) is 9.58. The molecule has 53 heavy (non-hydrogen) atoms. The van der Waals surface area contributed by atoms with Gasteiger partial charge in [0.1, 0.15) is 5.60 Å². The number of amides is 2. The number of nitrogens with one attached hydrogen (secondary N) is 2. The highest BCUT2D eigenvalue weighted by Gasteiger charge is 2.43. The van der Waals surface area contributed by atoms with Crippen LogP contribution in [0.1, 0.15) is 99.6 Å². The number of ether oxygens (including phenoxy) is 4. The largest absolute Gasteiger partial charge is 0.493 e. The monoisotopic (exact) mass is 757 g/mol. The zero-order valence-corrected chi connectivity index (χ0v) is 36.4. The van der Waals surface area contributed by atoms with Crippen LogP contribution in [0.3, 0.4) is 0 Å². The lowest BCUT2D eigenvalue weighted by atomic mass is 9.80. The number of hydrogen-bond acceptors (Lipinski definition) is 7. The molecule has 0 aromatic heterocycles. The summed E-state index contributed by atoms with van der Waals surface area (Å²) in [6.45, 7) is 26.9. The molecule has 0 saturated carbocycles. The normalized spacial score (nSPS) is 14.7. The number of alkyl carbamates (subject to hydrolysis) is 1. The van der Waals surface area contributed by atoms with Crippen LogP contribution in [0.25, 0.3) is 0 Å². The summed E-state index contributed by atoms with van der Waals surface area (Å²) in [5.74, 6) is 1.50. The van der Waals surface area contributed by atoms with Crippen molar-refractivity contribution >= 4 is 20.3 Å². The molecule has 9 nitrogen and oxygen atoms in total. The lowest BCUT2D eigenvalue weighted by Crippen LogP contribution is -2.54. The van der Waals surface area contributed by atoms with E-state index in [4.69, 9.17) is 23.4 Å². The number of benzene rings is 2. The lowest BCUT2D eigenvalue weighted by Gasteiger charge is -2.43. The molecule has 300 valence electrons.